The van der Waals surface area contributed by atoms with Crippen molar-refractivity contribution in [1.29, 1.82) is 0 Å². The third-order valence-corrected chi connectivity index (χ3v) is 7.99. The number of nitrogens with zero attached hydrogens (tertiary/aromatic N) is 2. The second-order valence-corrected chi connectivity index (χ2v) is 10.0. The number of piperidine rings is 1. The van der Waals surface area contributed by atoms with E-state index in [1.165, 1.54) is 18.2 Å². The first-order chi connectivity index (χ1) is 14.7. The number of amides is 1. The van der Waals surface area contributed by atoms with Gasteiger partial charge in [0.1, 0.15) is 12.4 Å². The first-order valence-electron chi connectivity index (χ1n) is 10.2. The maximum absolute atomic E-state index is 13.8. The van der Waals surface area contributed by atoms with Crippen LogP contribution in [0.5, 0.6) is 0 Å². The van der Waals surface area contributed by atoms with E-state index in [9.17, 15) is 22.7 Å². The predicted octanol–water partition coefficient (Wildman–Crippen LogP) is 2.90. The van der Waals surface area contributed by atoms with Crippen molar-refractivity contribution < 1.29 is 27.4 Å². The lowest BCUT2D eigenvalue weighted by Gasteiger charge is -2.48. The quantitative estimate of drug-likeness (QED) is 0.780. The fraction of sp³-hybridized carbons (Fsp3) is 0.409. The van der Waals surface area contributed by atoms with Crippen molar-refractivity contribution in [2.45, 2.75) is 44.1 Å². The van der Waals surface area contributed by atoms with Gasteiger partial charge in [-0.05, 0) is 43.5 Å². The van der Waals surface area contributed by atoms with Crippen molar-refractivity contribution in [2.24, 2.45) is 0 Å². The van der Waals surface area contributed by atoms with E-state index in [2.05, 4.69) is 0 Å². The summed E-state index contributed by atoms with van der Waals surface area (Å²) in [4.78, 5) is 14.2. The number of halogens is 1. The zero-order chi connectivity index (χ0) is 22.2. The Hall–Kier alpha value is -2.65. The van der Waals surface area contributed by atoms with Crippen molar-refractivity contribution in [3.05, 3.63) is 66.0 Å². The van der Waals surface area contributed by atoms with Gasteiger partial charge in [-0.1, -0.05) is 36.4 Å². The minimum atomic E-state index is -3.84. The average Bonchev–Trinajstić information content (AvgIpc) is 2.91. The molecular weight excluding hydrogens is 423 g/mol. The number of carbonyl (C=O) groups excluding carboxylic acids is 1. The van der Waals surface area contributed by atoms with Crippen molar-refractivity contribution in [1.82, 2.24) is 4.90 Å². The third-order valence-electron chi connectivity index (χ3n) is 6.12. The maximum Gasteiger partial charge on any atom is 0.410 e. The van der Waals surface area contributed by atoms with Crippen LogP contribution in [-0.2, 0) is 21.4 Å². The van der Waals surface area contributed by atoms with Crippen LogP contribution in [0.1, 0.15) is 25.3 Å². The van der Waals surface area contributed by atoms with Crippen LogP contribution in [0, 0.1) is 5.82 Å². The Bertz CT molecular complexity index is 1060. The van der Waals surface area contributed by atoms with Gasteiger partial charge in [0, 0.05) is 12.6 Å². The van der Waals surface area contributed by atoms with E-state index in [0.717, 1.165) is 15.9 Å². The molecule has 1 spiro atoms. The molecule has 2 aromatic rings. The first-order valence-corrected chi connectivity index (χ1v) is 11.8. The van der Waals surface area contributed by atoms with Gasteiger partial charge in [-0.3, -0.25) is 4.31 Å². The highest BCUT2D eigenvalue weighted by atomic mass is 32.2. The van der Waals surface area contributed by atoms with Gasteiger partial charge in [-0.2, -0.15) is 0 Å². The van der Waals surface area contributed by atoms with Crippen LogP contribution in [0.25, 0.3) is 0 Å². The minimum Gasteiger partial charge on any atom is -0.445 e. The predicted molar refractivity (Wildman–Crippen MR) is 113 cm³/mol. The molecule has 1 amide bonds. The summed E-state index contributed by atoms with van der Waals surface area (Å²) >= 11 is 0. The molecule has 4 rings (SSSR count). The molecule has 2 aliphatic rings. The van der Waals surface area contributed by atoms with Gasteiger partial charge in [0.05, 0.1) is 23.1 Å². The molecule has 2 aromatic carbocycles. The van der Waals surface area contributed by atoms with Crippen molar-refractivity contribution in [2.75, 3.05) is 16.6 Å². The number of hydrogen-bond acceptors (Lipinski definition) is 5. The number of sulfonamides is 1. The Morgan fingerprint density at radius 1 is 1.23 bits per heavy atom. The molecule has 1 N–H and O–H groups in total. The number of aliphatic hydroxyl groups excluding tert-OH is 1. The number of rotatable bonds is 3. The molecule has 3 unspecified atom stereocenters. The van der Waals surface area contributed by atoms with Crippen molar-refractivity contribution in [3.8, 4) is 0 Å². The van der Waals surface area contributed by atoms with E-state index in [4.69, 9.17) is 4.74 Å². The molecule has 0 aromatic heterocycles. The Labute approximate surface area is 181 Å². The molecule has 2 fully saturated rings. The minimum absolute atomic E-state index is 0.139. The highest BCUT2D eigenvalue weighted by molar-refractivity contribution is 7.93. The summed E-state index contributed by atoms with van der Waals surface area (Å²) in [6, 6.07) is 14.3. The third kappa shape index (κ3) is 3.99. The highest BCUT2D eigenvalue weighted by Crippen LogP contribution is 2.45. The molecule has 9 heteroatoms. The van der Waals surface area contributed by atoms with Crippen molar-refractivity contribution in [3.63, 3.8) is 0 Å². The lowest BCUT2D eigenvalue weighted by molar-refractivity contribution is 0.0243. The van der Waals surface area contributed by atoms with E-state index in [1.54, 1.807) is 11.8 Å². The van der Waals surface area contributed by atoms with Gasteiger partial charge in [0.2, 0.25) is 10.0 Å². The fourth-order valence-electron chi connectivity index (χ4n) is 4.68. The lowest BCUT2D eigenvalue weighted by Crippen LogP contribution is -2.61. The van der Waals surface area contributed by atoms with Gasteiger partial charge in [0.15, 0.2) is 0 Å². The van der Waals surface area contributed by atoms with Crippen LogP contribution >= 0.6 is 0 Å². The number of hydrogen-bond donors (Lipinski definition) is 1. The molecule has 166 valence electrons. The second-order valence-electron chi connectivity index (χ2n) is 8.18. The monoisotopic (exact) mass is 448 g/mol. The number of carbonyl (C=O) groups is 1. The summed E-state index contributed by atoms with van der Waals surface area (Å²) in [5.41, 5.74) is -0.0853. The fourth-order valence-corrected chi connectivity index (χ4v) is 6.82. The van der Waals surface area contributed by atoms with E-state index in [-0.39, 0.29) is 37.7 Å². The van der Waals surface area contributed by atoms with Crippen molar-refractivity contribution >= 4 is 21.8 Å². The van der Waals surface area contributed by atoms with Gasteiger partial charge in [-0.25, -0.2) is 17.6 Å². The van der Waals surface area contributed by atoms with Gasteiger partial charge in [0.25, 0.3) is 0 Å². The van der Waals surface area contributed by atoms with Crippen LogP contribution in [-0.4, -0.2) is 54.5 Å². The maximum atomic E-state index is 13.8. The van der Waals surface area contributed by atoms with Crippen LogP contribution in [0.4, 0.5) is 14.9 Å². The molecule has 7 nitrogen and oxygen atoms in total. The Morgan fingerprint density at radius 2 is 1.97 bits per heavy atom. The normalized spacial score (nSPS) is 27.5. The number of ether oxygens (including phenoxy) is 1. The van der Waals surface area contributed by atoms with Gasteiger partial charge in [-0.15, -0.1) is 0 Å². The Kier molecular flexibility index (Phi) is 5.65. The Morgan fingerprint density at radius 3 is 2.65 bits per heavy atom. The molecule has 0 aliphatic carbocycles. The van der Waals surface area contributed by atoms with E-state index in [0.29, 0.717) is 0 Å². The number of anilines is 1. The second kappa shape index (κ2) is 8.12. The largest absolute Gasteiger partial charge is 0.445 e. The zero-order valence-electron chi connectivity index (χ0n) is 17.1. The number of aliphatic hydroxyl groups is 1. The molecule has 2 aliphatic heterocycles. The molecule has 0 bridgehead atoms. The molecule has 0 saturated carbocycles. The molecular formula is C22H25FN2O5S. The van der Waals surface area contributed by atoms with Crippen LogP contribution in [0.15, 0.2) is 54.6 Å². The summed E-state index contributed by atoms with van der Waals surface area (Å²) in [5.74, 6) is -0.992. The average molecular weight is 449 g/mol. The number of benzene rings is 2. The van der Waals surface area contributed by atoms with Crippen LogP contribution in [0.2, 0.25) is 0 Å². The van der Waals surface area contributed by atoms with E-state index < -0.39 is 39.3 Å². The zero-order valence-corrected chi connectivity index (χ0v) is 18.0. The van der Waals surface area contributed by atoms with Crippen LogP contribution in [0.3, 0.4) is 0 Å². The molecule has 3 atom stereocenters. The first kappa shape index (κ1) is 21.6. The lowest BCUT2D eigenvalue weighted by atomic mass is 9.79. The van der Waals surface area contributed by atoms with Gasteiger partial charge >= 0.3 is 6.09 Å². The molecule has 31 heavy (non-hydrogen) atoms. The SMILES string of the molecule is CC1CC2(CCN1C(=O)OCc1ccccc1)C(O)CS(=O)(=O)N2c1cccc(F)c1. The molecule has 2 saturated heterocycles. The topological polar surface area (TPSA) is 87.1 Å². The van der Waals surface area contributed by atoms with E-state index >= 15 is 0 Å². The summed E-state index contributed by atoms with van der Waals surface area (Å²) in [7, 11) is -3.84. The molecule has 2 heterocycles. The summed E-state index contributed by atoms with van der Waals surface area (Å²) in [6.45, 7) is 2.15. The summed E-state index contributed by atoms with van der Waals surface area (Å²) in [5, 5.41) is 10.8. The number of likely N-dealkylation sites (tertiary alicyclic amines) is 1. The van der Waals surface area contributed by atoms with Gasteiger partial charge < -0.3 is 14.7 Å². The van der Waals surface area contributed by atoms with E-state index in [1.807, 2.05) is 30.3 Å². The smallest absolute Gasteiger partial charge is 0.410 e. The van der Waals surface area contributed by atoms with Crippen LogP contribution < -0.4 is 4.31 Å². The summed E-state index contributed by atoms with van der Waals surface area (Å²) < 4.78 is 46.2. The Balaban J connectivity index is 1.54. The standard InChI is InChI=1S/C22H25FN2O5S/c1-16-13-22(10-11-24(16)21(27)30-14-17-6-3-2-4-7-17)20(26)15-31(28,29)25(22)19-9-5-8-18(23)12-19/h2-9,12,16,20,26H,10-11,13-15H2,1H3. The highest BCUT2D eigenvalue weighted by Gasteiger charge is 2.59. The summed E-state index contributed by atoms with van der Waals surface area (Å²) in [6.07, 6.45) is -1.21. The molecule has 0 radical (unpaired) electrons.